The smallest absolute Gasteiger partial charge is 0.191 e. The normalized spacial score (nSPS) is 18.5. The molecule has 1 aliphatic heterocycles. The van der Waals surface area contributed by atoms with Crippen molar-refractivity contribution in [3.05, 3.63) is 30.3 Å². The summed E-state index contributed by atoms with van der Waals surface area (Å²) in [6.45, 7) is 10.6. The van der Waals surface area contributed by atoms with Crippen LogP contribution < -0.4 is 15.5 Å². The molecule has 3 N–H and O–H groups in total. The Hall–Kier alpha value is -1.02. The zero-order valence-corrected chi connectivity index (χ0v) is 20.1. The van der Waals surface area contributed by atoms with Crippen LogP contribution in [0.3, 0.4) is 0 Å². The molecule has 28 heavy (non-hydrogen) atoms. The highest BCUT2D eigenvalue weighted by Crippen LogP contribution is 2.19. The number of hydrogen-bond acceptors (Lipinski definition) is 3. The fourth-order valence-corrected chi connectivity index (χ4v) is 3.83. The highest BCUT2D eigenvalue weighted by molar-refractivity contribution is 14.0. The summed E-state index contributed by atoms with van der Waals surface area (Å²) in [6.07, 6.45) is 4.28. The second kappa shape index (κ2) is 14.0. The van der Waals surface area contributed by atoms with Crippen molar-refractivity contribution in [1.82, 2.24) is 10.6 Å². The Labute approximate surface area is 188 Å². The van der Waals surface area contributed by atoms with Gasteiger partial charge in [-0.25, -0.2) is 0 Å². The van der Waals surface area contributed by atoms with E-state index in [4.69, 9.17) is 4.99 Å². The number of halogens is 1. The van der Waals surface area contributed by atoms with Gasteiger partial charge in [0, 0.05) is 44.5 Å². The van der Waals surface area contributed by atoms with Crippen molar-refractivity contribution in [3.63, 3.8) is 0 Å². The molecule has 1 aromatic carbocycles. The maximum atomic E-state index is 9.33. The first kappa shape index (κ1) is 25.0. The minimum Gasteiger partial charge on any atom is -0.396 e. The third kappa shape index (κ3) is 8.99. The van der Waals surface area contributed by atoms with Crippen LogP contribution in [0.5, 0.6) is 0 Å². The molecule has 1 aromatic rings. The molecule has 1 saturated heterocycles. The number of aliphatic hydroxyl groups excluding tert-OH is 1. The van der Waals surface area contributed by atoms with Crippen LogP contribution >= 0.6 is 24.0 Å². The molecule has 1 fully saturated rings. The Bertz CT molecular complexity index is 553. The predicted molar refractivity (Wildman–Crippen MR) is 131 cm³/mol. The van der Waals surface area contributed by atoms with Crippen molar-refractivity contribution in [3.8, 4) is 0 Å². The third-order valence-corrected chi connectivity index (χ3v) is 5.08. The lowest BCUT2D eigenvalue weighted by Gasteiger charge is -2.35. The first-order valence-corrected chi connectivity index (χ1v) is 10.6. The van der Waals surface area contributed by atoms with Crippen LogP contribution in [0, 0.1) is 11.8 Å². The van der Waals surface area contributed by atoms with Gasteiger partial charge in [0.1, 0.15) is 0 Å². The topological polar surface area (TPSA) is 59.9 Å². The Morgan fingerprint density at radius 3 is 2.68 bits per heavy atom. The number of aliphatic hydroxyl groups is 1. The van der Waals surface area contributed by atoms with Gasteiger partial charge in [-0.15, -0.1) is 24.0 Å². The molecule has 0 spiro atoms. The van der Waals surface area contributed by atoms with Gasteiger partial charge < -0.3 is 20.6 Å². The molecule has 0 radical (unpaired) electrons. The third-order valence-electron chi connectivity index (χ3n) is 5.08. The zero-order valence-electron chi connectivity index (χ0n) is 17.7. The summed E-state index contributed by atoms with van der Waals surface area (Å²) in [4.78, 5) is 7.30. The van der Waals surface area contributed by atoms with Gasteiger partial charge in [-0.2, -0.15) is 0 Å². The molecule has 2 atom stereocenters. The van der Waals surface area contributed by atoms with E-state index >= 15 is 0 Å². The van der Waals surface area contributed by atoms with Gasteiger partial charge in [0.25, 0.3) is 0 Å². The van der Waals surface area contributed by atoms with Crippen LogP contribution in [0.15, 0.2) is 35.3 Å². The Balaban J connectivity index is 0.00000392. The molecule has 0 aliphatic carbocycles. The molecule has 1 aliphatic rings. The molecule has 2 unspecified atom stereocenters. The van der Waals surface area contributed by atoms with E-state index < -0.39 is 0 Å². The fraction of sp³-hybridized carbons (Fsp3) is 0.682. The van der Waals surface area contributed by atoms with Crippen molar-refractivity contribution >= 4 is 35.6 Å². The summed E-state index contributed by atoms with van der Waals surface area (Å²) in [5.41, 5.74) is 1.30. The zero-order chi connectivity index (χ0) is 19.5. The maximum Gasteiger partial charge on any atom is 0.191 e. The standard InChI is InChI=1S/C22H38N4O.HI/c1-4-23-22(24-16-19(12-14-27)15-18(2)3)25-20-9-8-13-26(17-20)21-10-6-5-7-11-21;/h5-7,10-11,18-20,27H,4,8-9,12-17H2,1-3H3,(H2,23,24,25);1H. The number of rotatable bonds is 9. The number of benzene rings is 1. The molecule has 2 rings (SSSR count). The number of nitrogens with one attached hydrogen (secondary N) is 2. The van der Waals surface area contributed by atoms with Gasteiger partial charge >= 0.3 is 0 Å². The lowest BCUT2D eigenvalue weighted by atomic mass is 9.94. The van der Waals surface area contributed by atoms with Crippen LogP contribution in [0.1, 0.15) is 46.5 Å². The van der Waals surface area contributed by atoms with Gasteiger partial charge in [0.15, 0.2) is 5.96 Å². The van der Waals surface area contributed by atoms with E-state index in [0.29, 0.717) is 17.9 Å². The van der Waals surface area contributed by atoms with Crippen LogP contribution in [-0.4, -0.2) is 49.9 Å². The van der Waals surface area contributed by atoms with Gasteiger partial charge in [-0.1, -0.05) is 32.0 Å². The average molecular weight is 502 g/mol. The Morgan fingerprint density at radius 2 is 2.04 bits per heavy atom. The number of nitrogens with zero attached hydrogens (tertiary/aromatic N) is 2. The van der Waals surface area contributed by atoms with Gasteiger partial charge in [-0.05, 0) is 56.6 Å². The van der Waals surface area contributed by atoms with Crippen LogP contribution in [-0.2, 0) is 0 Å². The van der Waals surface area contributed by atoms with Crippen LogP contribution in [0.4, 0.5) is 5.69 Å². The summed E-state index contributed by atoms with van der Waals surface area (Å²) >= 11 is 0. The number of anilines is 1. The molecule has 0 bridgehead atoms. The molecular weight excluding hydrogens is 463 g/mol. The van der Waals surface area contributed by atoms with Crippen molar-refractivity contribution in [2.75, 3.05) is 37.7 Å². The average Bonchev–Trinajstić information content (AvgIpc) is 2.67. The first-order chi connectivity index (χ1) is 13.1. The Kier molecular flexibility index (Phi) is 12.5. The summed E-state index contributed by atoms with van der Waals surface area (Å²) < 4.78 is 0. The largest absolute Gasteiger partial charge is 0.396 e. The second-order valence-electron chi connectivity index (χ2n) is 7.99. The summed E-state index contributed by atoms with van der Waals surface area (Å²) in [7, 11) is 0. The quantitative estimate of drug-likeness (QED) is 0.273. The highest BCUT2D eigenvalue weighted by Gasteiger charge is 2.21. The van der Waals surface area contributed by atoms with Crippen molar-refractivity contribution in [2.45, 2.75) is 52.5 Å². The van der Waals surface area contributed by atoms with Crippen LogP contribution in [0.25, 0.3) is 0 Å². The van der Waals surface area contributed by atoms with Crippen LogP contribution in [0.2, 0.25) is 0 Å². The maximum absolute atomic E-state index is 9.33. The van der Waals surface area contributed by atoms with E-state index in [1.807, 2.05) is 0 Å². The summed E-state index contributed by atoms with van der Waals surface area (Å²) in [5.74, 6) is 1.98. The SMILES string of the molecule is CCNC(=NCC(CCO)CC(C)C)NC1CCCN(c2ccccc2)C1.I. The minimum absolute atomic E-state index is 0. The molecule has 5 nitrogen and oxygen atoms in total. The molecule has 0 saturated carbocycles. The molecule has 6 heteroatoms. The highest BCUT2D eigenvalue weighted by atomic mass is 127. The molecule has 160 valence electrons. The van der Waals surface area contributed by atoms with Crippen molar-refractivity contribution in [2.24, 2.45) is 16.8 Å². The molecular formula is C22H39IN4O. The lowest BCUT2D eigenvalue weighted by molar-refractivity contribution is 0.245. The van der Waals surface area contributed by atoms with E-state index in [0.717, 1.165) is 45.0 Å². The van der Waals surface area contributed by atoms with E-state index in [2.05, 4.69) is 66.6 Å². The summed E-state index contributed by atoms with van der Waals surface area (Å²) in [5, 5.41) is 16.4. The van der Waals surface area contributed by atoms with Gasteiger partial charge in [-0.3, -0.25) is 4.99 Å². The number of hydrogen-bond donors (Lipinski definition) is 3. The predicted octanol–water partition coefficient (Wildman–Crippen LogP) is 3.87. The molecule has 0 aromatic heterocycles. The van der Waals surface area contributed by atoms with Gasteiger partial charge in [0.05, 0.1) is 0 Å². The molecule has 1 heterocycles. The molecule has 0 amide bonds. The van der Waals surface area contributed by atoms with Crippen molar-refractivity contribution in [1.29, 1.82) is 0 Å². The van der Waals surface area contributed by atoms with E-state index in [1.54, 1.807) is 0 Å². The monoisotopic (exact) mass is 502 g/mol. The number of aliphatic imine (C=N–C) groups is 1. The number of para-hydroxylation sites is 1. The lowest BCUT2D eigenvalue weighted by Crippen LogP contribution is -2.51. The minimum atomic E-state index is 0. The first-order valence-electron chi connectivity index (χ1n) is 10.6. The second-order valence-corrected chi connectivity index (χ2v) is 7.99. The number of guanidine groups is 1. The van der Waals surface area contributed by atoms with Crippen molar-refractivity contribution < 1.29 is 5.11 Å². The van der Waals surface area contributed by atoms with E-state index in [-0.39, 0.29) is 30.6 Å². The summed E-state index contributed by atoms with van der Waals surface area (Å²) in [6, 6.07) is 11.1. The Morgan fingerprint density at radius 1 is 1.29 bits per heavy atom. The van der Waals surface area contributed by atoms with E-state index in [9.17, 15) is 5.11 Å². The fourth-order valence-electron chi connectivity index (χ4n) is 3.83. The number of piperidine rings is 1. The van der Waals surface area contributed by atoms with E-state index in [1.165, 1.54) is 18.5 Å². The van der Waals surface area contributed by atoms with Gasteiger partial charge in [0.2, 0.25) is 0 Å².